The summed E-state index contributed by atoms with van der Waals surface area (Å²) in [4.78, 5) is 23.3. The largest absolute Gasteiger partial charge is 0.326 e. The Labute approximate surface area is 152 Å². The predicted octanol–water partition coefficient (Wildman–Crippen LogP) is 3.98. The highest BCUT2D eigenvalue weighted by Gasteiger charge is 2.16. The minimum atomic E-state index is -0.374. The van der Waals surface area contributed by atoms with E-state index in [9.17, 15) is 9.59 Å². The zero-order valence-corrected chi connectivity index (χ0v) is 15.2. The number of rotatable bonds is 6. The summed E-state index contributed by atoms with van der Waals surface area (Å²) in [6.45, 7) is 5.26. The minimum Gasteiger partial charge on any atom is -0.326 e. The summed E-state index contributed by atoms with van der Waals surface area (Å²) in [7, 11) is 0. The van der Waals surface area contributed by atoms with E-state index in [0.29, 0.717) is 16.4 Å². The van der Waals surface area contributed by atoms with Crippen LogP contribution in [0.2, 0.25) is 5.02 Å². The number of hydrogen-bond donors (Lipinski definition) is 3. The molecule has 2 aromatic rings. The van der Waals surface area contributed by atoms with Crippen LogP contribution < -0.4 is 16.0 Å². The normalized spacial score (nSPS) is 13.0. The first-order chi connectivity index (χ1) is 11.8. The van der Waals surface area contributed by atoms with Crippen molar-refractivity contribution in [2.24, 2.45) is 0 Å². The number of nitrogens with one attached hydrogen (secondary N) is 3. The van der Waals surface area contributed by atoms with Crippen molar-refractivity contribution >= 4 is 34.8 Å². The molecule has 0 unspecified atom stereocenters. The summed E-state index contributed by atoms with van der Waals surface area (Å²) < 4.78 is 0. The zero-order chi connectivity index (χ0) is 18.4. The number of halogens is 1. The van der Waals surface area contributed by atoms with Crippen LogP contribution in [0.5, 0.6) is 0 Å². The standard InChI is InChI=1S/C19H22ClN3O2/c1-12(15-4-6-16(20)7-5-15)21-13(2)19(25)23-18-10-8-17(9-11-18)22-14(3)24/h4-13,21H,1-3H3,(H,22,24)(H,23,25)/t12-,13+/m0/s1. The van der Waals surface area contributed by atoms with Gasteiger partial charge in [-0.15, -0.1) is 0 Å². The highest BCUT2D eigenvalue weighted by atomic mass is 35.5. The average Bonchev–Trinajstić information content (AvgIpc) is 2.56. The predicted molar refractivity (Wildman–Crippen MR) is 102 cm³/mol. The van der Waals surface area contributed by atoms with Gasteiger partial charge in [0.2, 0.25) is 11.8 Å². The Hall–Kier alpha value is -2.37. The molecule has 0 aliphatic heterocycles. The third-order valence-electron chi connectivity index (χ3n) is 3.74. The number of benzene rings is 2. The summed E-state index contributed by atoms with van der Waals surface area (Å²) in [5, 5.41) is 9.48. The Bertz CT molecular complexity index is 729. The van der Waals surface area contributed by atoms with Crippen molar-refractivity contribution in [3.8, 4) is 0 Å². The fraction of sp³-hybridized carbons (Fsp3) is 0.263. The fourth-order valence-corrected chi connectivity index (χ4v) is 2.52. The molecule has 0 saturated carbocycles. The van der Waals surface area contributed by atoms with Gasteiger partial charge in [-0.3, -0.25) is 14.9 Å². The topological polar surface area (TPSA) is 70.2 Å². The van der Waals surface area contributed by atoms with Crippen LogP contribution >= 0.6 is 11.6 Å². The number of anilines is 2. The van der Waals surface area contributed by atoms with Crippen molar-refractivity contribution in [1.29, 1.82) is 0 Å². The van der Waals surface area contributed by atoms with E-state index >= 15 is 0 Å². The summed E-state index contributed by atoms with van der Waals surface area (Å²) in [6.07, 6.45) is 0. The number of hydrogen-bond acceptors (Lipinski definition) is 3. The molecule has 0 aliphatic rings. The van der Waals surface area contributed by atoms with Crippen LogP contribution in [0.4, 0.5) is 11.4 Å². The monoisotopic (exact) mass is 359 g/mol. The second kappa shape index (κ2) is 8.65. The second-order valence-corrected chi connectivity index (χ2v) is 6.35. The van der Waals surface area contributed by atoms with Crippen molar-refractivity contribution in [2.75, 3.05) is 10.6 Å². The Morgan fingerprint density at radius 1 is 0.880 bits per heavy atom. The van der Waals surface area contributed by atoms with Gasteiger partial charge in [-0.05, 0) is 55.8 Å². The maximum absolute atomic E-state index is 12.3. The van der Waals surface area contributed by atoms with Gasteiger partial charge in [-0.25, -0.2) is 0 Å². The molecule has 2 rings (SSSR count). The molecule has 2 atom stereocenters. The van der Waals surface area contributed by atoms with Crippen LogP contribution in [-0.4, -0.2) is 17.9 Å². The molecule has 25 heavy (non-hydrogen) atoms. The third kappa shape index (κ3) is 5.89. The lowest BCUT2D eigenvalue weighted by molar-refractivity contribution is -0.118. The summed E-state index contributed by atoms with van der Waals surface area (Å²) in [5.74, 6) is -0.265. The van der Waals surface area contributed by atoms with Gasteiger partial charge >= 0.3 is 0 Å². The Balaban J connectivity index is 1.91. The SMILES string of the molecule is CC(=O)Nc1ccc(NC(=O)[C@@H](C)N[C@@H](C)c2ccc(Cl)cc2)cc1. The average molecular weight is 360 g/mol. The molecule has 0 heterocycles. The molecule has 5 nitrogen and oxygen atoms in total. The van der Waals surface area contributed by atoms with Crippen molar-refractivity contribution in [3.63, 3.8) is 0 Å². The van der Waals surface area contributed by atoms with E-state index in [4.69, 9.17) is 11.6 Å². The van der Waals surface area contributed by atoms with E-state index in [2.05, 4.69) is 16.0 Å². The number of carbonyl (C=O) groups excluding carboxylic acids is 2. The maximum Gasteiger partial charge on any atom is 0.241 e. The first-order valence-corrected chi connectivity index (χ1v) is 8.43. The van der Waals surface area contributed by atoms with E-state index in [1.54, 1.807) is 24.3 Å². The highest BCUT2D eigenvalue weighted by molar-refractivity contribution is 6.30. The first-order valence-electron chi connectivity index (χ1n) is 8.05. The van der Waals surface area contributed by atoms with E-state index in [1.165, 1.54) is 6.92 Å². The zero-order valence-electron chi connectivity index (χ0n) is 14.5. The van der Waals surface area contributed by atoms with Crippen molar-refractivity contribution in [1.82, 2.24) is 5.32 Å². The molecule has 2 aromatic carbocycles. The molecular weight excluding hydrogens is 338 g/mol. The highest BCUT2D eigenvalue weighted by Crippen LogP contribution is 2.17. The van der Waals surface area contributed by atoms with Crippen molar-refractivity contribution in [3.05, 3.63) is 59.1 Å². The summed E-state index contributed by atoms with van der Waals surface area (Å²) >= 11 is 5.89. The molecule has 0 aliphatic carbocycles. The van der Waals surface area contributed by atoms with Crippen molar-refractivity contribution < 1.29 is 9.59 Å². The number of amides is 2. The van der Waals surface area contributed by atoms with Crippen molar-refractivity contribution in [2.45, 2.75) is 32.9 Å². The van der Waals surface area contributed by atoms with Crippen LogP contribution in [0.25, 0.3) is 0 Å². The third-order valence-corrected chi connectivity index (χ3v) is 3.99. The Morgan fingerprint density at radius 3 is 1.92 bits per heavy atom. The van der Waals surface area contributed by atoms with Crippen LogP contribution in [0, 0.1) is 0 Å². The van der Waals surface area contributed by atoms with Crippen LogP contribution in [0.15, 0.2) is 48.5 Å². The Morgan fingerprint density at radius 2 is 1.40 bits per heavy atom. The minimum absolute atomic E-state index is 0.0140. The molecule has 0 saturated heterocycles. The molecule has 0 fully saturated rings. The first kappa shape index (κ1) is 19.0. The van der Waals surface area contributed by atoms with Gasteiger partial charge in [0.15, 0.2) is 0 Å². The number of carbonyl (C=O) groups is 2. The van der Waals surface area contributed by atoms with E-state index in [1.807, 2.05) is 38.1 Å². The molecule has 0 aromatic heterocycles. The van der Waals surface area contributed by atoms with Gasteiger partial charge in [-0.2, -0.15) is 0 Å². The van der Waals surface area contributed by atoms with Gasteiger partial charge in [-0.1, -0.05) is 23.7 Å². The smallest absolute Gasteiger partial charge is 0.241 e. The van der Waals surface area contributed by atoms with Crippen LogP contribution in [0.3, 0.4) is 0 Å². The summed E-state index contributed by atoms with van der Waals surface area (Å²) in [6, 6.07) is 14.2. The maximum atomic E-state index is 12.3. The molecule has 6 heteroatoms. The van der Waals surface area contributed by atoms with Crippen LogP contribution in [0.1, 0.15) is 32.4 Å². The Kier molecular flexibility index (Phi) is 6.56. The molecule has 0 spiro atoms. The second-order valence-electron chi connectivity index (χ2n) is 5.91. The molecule has 0 bridgehead atoms. The molecular formula is C19H22ClN3O2. The van der Waals surface area contributed by atoms with Gasteiger partial charge in [0.05, 0.1) is 6.04 Å². The molecule has 2 amide bonds. The molecule has 3 N–H and O–H groups in total. The lowest BCUT2D eigenvalue weighted by atomic mass is 10.1. The lowest BCUT2D eigenvalue weighted by Gasteiger charge is -2.20. The molecule has 132 valence electrons. The lowest BCUT2D eigenvalue weighted by Crippen LogP contribution is -2.39. The van der Waals surface area contributed by atoms with E-state index in [0.717, 1.165) is 5.56 Å². The van der Waals surface area contributed by atoms with Gasteiger partial charge in [0, 0.05) is 29.4 Å². The van der Waals surface area contributed by atoms with Gasteiger partial charge in [0.25, 0.3) is 0 Å². The fourth-order valence-electron chi connectivity index (χ4n) is 2.39. The van der Waals surface area contributed by atoms with Crippen LogP contribution in [-0.2, 0) is 9.59 Å². The molecule has 0 radical (unpaired) electrons. The van der Waals surface area contributed by atoms with E-state index in [-0.39, 0.29) is 23.9 Å². The van der Waals surface area contributed by atoms with E-state index < -0.39 is 0 Å². The summed E-state index contributed by atoms with van der Waals surface area (Å²) in [5.41, 5.74) is 2.42. The van der Waals surface area contributed by atoms with Gasteiger partial charge in [0.1, 0.15) is 0 Å². The van der Waals surface area contributed by atoms with Gasteiger partial charge < -0.3 is 10.6 Å². The quantitative estimate of drug-likeness (QED) is 0.730.